The second kappa shape index (κ2) is 8.27. The van der Waals surface area contributed by atoms with Crippen LogP contribution in [-0.2, 0) is 4.79 Å². The molecule has 2 aromatic rings. The Bertz CT molecular complexity index is 726. The second-order valence-corrected chi connectivity index (χ2v) is 7.06. The molecule has 0 aromatic heterocycles. The van der Waals surface area contributed by atoms with Crippen molar-refractivity contribution >= 4 is 33.4 Å². The zero-order valence-corrected chi connectivity index (χ0v) is 15.5. The first-order chi connectivity index (χ1) is 12.1. The maximum absolute atomic E-state index is 12.4. The summed E-state index contributed by atoms with van der Waals surface area (Å²) < 4.78 is 0.982. The Balaban J connectivity index is 1.46. The molecule has 25 heavy (non-hydrogen) atoms. The Labute approximate surface area is 155 Å². The number of quaternary nitrogens is 1. The molecule has 3 rings (SSSR count). The molecule has 0 saturated carbocycles. The molecule has 1 heterocycles. The smallest absolute Gasteiger partial charge is 0.279 e. The molecule has 0 unspecified atom stereocenters. The Kier molecular flexibility index (Phi) is 5.83. The highest BCUT2D eigenvalue weighted by Gasteiger charge is 2.25. The summed E-state index contributed by atoms with van der Waals surface area (Å²) >= 11 is 3.38. The van der Waals surface area contributed by atoms with Gasteiger partial charge in [0.05, 0.1) is 26.2 Å². The summed E-state index contributed by atoms with van der Waals surface area (Å²) in [5, 5.41) is 2.92. The molecule has 1 aliphatic rings. The topological polar surface area (TPSA) is 53.9 Å². The fourth-order valence-corrected chi connectivity index (χ4v) is 3.20. The van der Waals surface area contributed by atoms with Crippen LogP contribution in [0, 0.1) is 0 Å². The van der Waals surface area contributed by atoms with Crippen LogP contribution in [0.1, 0.15) is 10.4 Å². The number of hydrogen-bond acceptors (Lipinski definition) is 2. The minimum atomic E-state index is 0.000147. The van der Waals surface area contributed by atoms with E-state index in [1.807, 2.05) is 59.5 Å². The Morgan fingerprint density at radius 1 is 1.00 bits per heavy atom. The standard InChI is InChI=1S/C19H20BrN3O2/c20-16-6-8-17(9-7-16)21-18(24)14-22-10-12-23(13-11-22)19(25)15-4-2-1-3-5-15/h1-9H,10-14H2,(H,21,24)/p+1. The van der Waals surface area contributed by atoms with E-state index in [1.165, 1.54) is 4.90 Å². The molecule has 5 nitrogen and oxygen atoms in total. The highest BCUT2D eigenvalue weighted by molar-refractivity contribution is 9.10. The van der Waals surface area contributed by atoms with Crippen LogP contribution < -0.4 is 10.2 Å². The summed E-state index contributed by atoms with van der Waals surface area (Å²) in [4.78, 5) is 27.7. The number of benzene rings is 2. The van der Waals surface area contributed by atoms with Crippen LogP contribution in [0.25, 0.3) is 0 Å². The van der Waals surface area contributed by atoms with Crippen molar-refractivity contribution < 1.29 is 14.5 Å². The first-order valence-electron chi connectivity index (χ1n) is 8.35. The van der Waals surface area contributed by atoms with Crippen molar-refractivity contribution in [3.05, 3.63) is 64.6 Å². The van der Waals surface area contributed by atoms with Gasteiger partial charge in [-0.2, -0.15) is 0 Å². The van der Waals surface area contributed by atoms with Crippen LogP contribution in [0.5, 0.6) is 0 Å². The lowest BCUT2D eigenvalue weighted by Crippen LogP contribution is -3.15. The maximum Gasteiger partial charge on any atom is 0.279 e. The largest absolute Gasteiger partial charge is 0.327 e. The molecule has 0 atom stereocenters. The quantitative estimate of drug-likeness (QED) is 0.812. The Morgan fingerprint density at radius 3 is 2.28 bits per heavy atom. The lowest BCUT2D eigenvalue weighted by molar-refractivity contribution is -0.895. The van der Waals surface area contributed by atoms with Gasteiger partial charge in [0.15, 0.2) is 6.54 Å². The van der Waals surface area contributed by atoms with E-state index in [4.69, 9.17) is 0 Å². The molecule has 2 N–H and O–H groups in total. The number of nitrogens with one attached hydrogen (secondary N) is 2. The number of hydrogen-bond donors (Lipinski definition) is 2. The zero-order valence-electron chi connectivity index (χ0n) is 13.9. The monoisotopic (exact) mass is 402 g/mol. The molecule has 1 saturated heterocycles. The molecule has 1 fully saturated rings. The fraction of sp³-hybridized carbons (Fsp3) is 0.263. The highest BCUT2D eigenvalue weighted by Crippen LogP contribution is 2.13. The Morgan fingerprint density at radius 2 is 1.64 bits per heavy atom. The second-order valence-electron chi connectivity index (χ2n) is 6.14. The van der Waals surface area contributed by atoms with E-state index < -0.39 is 0 Å². The molecule has 0 aliphatic carbocycles. The number of piperazine rings is 1. The number of anilines is 1. The van der Waals surface area contributed by atoms with Gasteiger partial charge in [-0.25, -0.2) is 0 Å². The fourth-order valence-electron chi connectivity index (χ4n) is 2.93. The van der Waals surface area contributed by atoms with Crippen LogP contribution in [0.3, 0.4) is 0 Å². The highest BCUT2D eigenvalue weighted by atomic mass is 79.9. The third-order valence-electron chi connectivity index (χ3n) is 4.32. The van der Waals surface area contributed by atoms with E-state index in [-0.39, 0.29) is 11.8 Å². The summed E-state index contributed by atoms with van der Waals surface area (Å²) in [6, 6.07) is 16.9. The molecular weight excluding hydrogens is 382 g/mol. The zero-order chi connectivity index (χ0) is 17.6. The maximum atomic E-state index is 12.4. The number of rotatable bonds is 4. The Hall–Kier alpha value is -2.18. The minimum Gasteiger partial charge on any atom is -0.327 e. The first kappa shape index (κ1) is 17.6. The predicted molar refractivity (Wildman–Crippen MR) is 101 cm³/mol. The molecule has 0 bridgehead atoms. The van der Waals surface area contributed by atoms with Crippen molar-refractivity contribution in [3.63, 3.8) is 0 Å². The first-order valence-corrected chi connectivity index (χ1v) is 9.14. The lowest BCUT2D eigenvalue weighted by Gasteiger charge is -2.32. The molecule has 2 amide bonds. The van der Waals surface area contributed by atoms with E-state index >= 15 is 0 Å². The lowest BCUT2D eigenvalue weighted by atomic mass is 10.2. The van der Waals surface area contributed by atoms with E-state index in [2.05, 4.69) is 21.2 Å². The van der Waals surface area contributed by atoms with Gasteiger partial charge in [0, 0.05) is 15.7 Å². The number of nitrogens with zero attached hydrogens (tertiary/aromatic N) is 1. The van der Waals surface area contributed by atoms with Gasteiger partial charge in [-0.15, -0.1) is 0 Å². The summed E-state index contributed by atoms with van der Waals surface area (Å²) in [6.45, 7) is 3.34. The molecule has 130 valence electrons. The molecule has 2 aromatic carbocycles. The normalized spacial score (nSPS) is 15.0. The summed E-state index contributed by atoms with van der Waals surface area (Å²) in [7, 11) is 0. The van der Waals surface area contributed by atoms with E-state index in [0.717, 1.165) is 28.8 Å². The number of amides is 2. The van der Waals surface area contributed by atoms with E-state index in [9.17, 15) is 9.59 Å². The molecule has 0 spiro atoms. The van der Waals surface area contributed by atoms with Gasteiger partial charge >= 0.3 is 0 Å². The molecule has 1 aliphatic heterocycles. The van der Waals surface area contributed by atoms with Crippen LogP contribution in [0.15, 0.2) is 59.1 Å². The summed E-state index contributed by atoms with van der Waals surface area (Å²) in [6.07, 6.45) is 0. The van der Waals surface area contributed by atoms with E-state index in [0.29, 0.717) is 19.6 Å². The van der Waals surface area contributed by atoms with Crippen LogP contribution in [0.4, 0.5) is 5.69 Å². The average molecular weight is 403 g/mol. The number of carbonyl (C=O) groups is 2. The van der Waals surface area contributed by atoms with Crippen molar-refractivity contribution in [1.29, 1.82) is 0 Å². The van der Waals surface area contributed by atoms with Gasteiger partial charge < -0.3 is 15.1 Å². The SMILES string of the molecule is O=C(C[NH+]1CCN(C(=O)c2ccccc2)CC1)Nc1ccc(Br)cc1. The molecule has 0 radical (unpaired) electrons. The minimum absolute atomic E-state index is 0.000147. The van der Waals surface area contributed by atoms with Gasteiger partial charge in [0.25, 0.3) is 11.8 Å². The molecular formula is C19H21BrN3O2+. The summed E-state index contributed by atoms with van der Waals surface area (Å²) in [5.41, 5.74) is 1.52. The van der Waals surface area contributed by atoms with Crippen LogP contribution in [-0.4, -0.2) is 49.4 Å². The van der Waals surface area contributed by atoms with Gasteiger partial charge in [-0.05, 0) is 36.4 Å². The predicted octanol–water partition coefficient (Wildman–Crippen LogP) is 1.43. The van der Waals surface area contributed by atoms with Crippen molar-refractivity contribution in [2.75, 3.05) is 38.0 Å². The van der Waals surface area contributed by atoms with Gasteiger partial charge in [-0.3, -0.25) is 9.59 Å². The van der Waals surface area contributed by atoms with Crippen molar-refractivity contribution in [2.24, 2.45) is 0 Å². The van der Waals surface area contributed by atoms with E-state index in [1.54, 1.807) is 0 Å². The van der Waals surface area contributed by atoms with Crippen LogP contribution in [0.2, 0.25) is 0 Å². The van der Waals surface area contributed by atoms with Gasteiger partial charge in [0.1, 0.15) is 0 Å². The number of carbonyl (C=O) groups excluding carboxylic acids is 2. The van der Waals surface area contributed by atoms with Crippen molar-refractivity contribution in [2.45, 2.75) is 0 Å². The van der Waals surface area contributed by atoms with Crippen LogP contribution >= 0.6 is 15.9 Å². The van der Waals surface area contributed by atoms with Gasteiger partial charge in [-0.1, -0.05) is 34.1 Å². The average Bonchev–Trinajstić information content (AvgIpc) is 2.64. The van der Waals surface area contributed by atoms with Crippen molar-refractivity contribution in [1.82, 2.24) is 4.90 Å². The summed E-state index contributed by atoms with van der Waals surface area (Å²) in [5.74, 6) is 0.0686. The third kappa shape index (κ3) is 4.90. The number of halogens is 1. The molecule has 6 heteroatoms. The van der Waals surface area contributed by atoms with Gasteiger partial charge in [0.2, 0.25) is 0 Å². The van der Waals surface area contributed by atoms with Crippen molar-refractivity contribution in [3.8, 4) is 0 Å². The third-order valence-corrected chi connectivity index (χ3v) is 4.85.